The molecular formula is C24H34N11O12P. The van der Waals surface area contributed by atoms with Gasteiger partial charge in [0.2, 0.25) is 11.9 Å². The van der Waals surface area contributed by atoms with Crippen LogP contribution in [0, 0.1) is 4.91 Å². The average Bonchev–Trinajstić information content (AvgIpc) is 3.72. The highest BCUT2D eigenvalue weighted by atomic mass is 31.2. The molecule has 24 heteroatoms. The van der Waals surface area contributed by atoms with Crippen molar-refractivity contribution < 1.29 is 42.2 Å². The third-order valence-electron chi connectivity index (χ3n) is 7.29. The van der Waals surface area contributed by atoms with Gasteiger partial charge in [-0.2, -0.15) is 9.97 Å². The van der Waals surface area contributed by atoms with Crippen LogP contribution in [-0.4, -0.2) is 107 Å². The Hall–Kier alpha value is -4.38. The first kappa shape index (κ1) is 34.9. The lowest BCUT2D eigenvalue weighted by Crippen LogP contribution is -2.35. The molecule has 5 heterocycles. The molecule has 3 aromatic heterocycles. The number of amides is 1. The maximum atomic E-state index is 13.3. The summed E-state index contributed by atoms with van der Waals surface area (Å²) < 4.78 is 49.4. The molecule has 1 amide bonds. The molecule has 0 aliphatic carbocycles. The van der Waals surface area contributed by atoms with E-state index in [2.05, 4.69) is 30.1 Å². The number of imidazole rings is 1. The second-order valence-corrected chi connectivity index (χ2v) is 12.9. The molecule has 23 nitrogen and oxygen atoms in total. The number of nitrogens with zero attached hydrogens (tertiary/aromatic N) is 8. The number of rotatable bonds is 12. The molecule has 0 bridgehead atoms. The fourth-order valence-electron chi connectivity index (χ4n) is 4.90. The second kappa shape index (κ2) is 13.6. The summed E-state index contributed by atoms with van der Waals surface area (Å²) in [7, 11) is -2.03. The van der Waals surface area contributed by atoms with E-state index in [0.717, 1.165) is 15.8 Å². The number of nitroso groups, excluding NO2 is 1. The van der Waals surface area contributed by atoms with Gasteiger partial charge in [0.1, 0.15) is 43.2 Å². The largest absolute Gasteiger partial charge is 0.472 e. The lowest BCUT2D eigenvalue weighted by Gasteiger charge is -2.25. The predicted octanol–water partition coefficient (Wildman–Crippen LogP) is -0.401. The molecule has 2 aliphatic rings. The Labute approximate surface area is 270 Å². The van der Waals surface area contributed by atoms with E-state index in [1.165, 1.54) is 38.8 Å². The van der Waals surface area contributed by atoms with E-state index in [0.29, 0.717) is 0 Å². The minimum absolute atomic E-state index is 0.0281. The Morgan fingerprint density at radius 2 is 1.75 bits per heavy atom. The molecule has 5 rings (SSSR count). The van der Waals surface area contributed by atoms with Crippen LogP contribution in [0.4, 0.5) is 16.7 Å². The molecule has 262 valence electrons. The molecule has 0 radical (unpaired) electrons. The summed E-state index contributed by atoms with van der Waals surface area (Å²) in [6.45, 7) is 1.88. The molecule has 48 heavy (non-hydrogen) atoms. The number of carbonyl (C=O) groups is 1. The molecule has 3 unspecified atom stereocenters. The third kappa shape index (κ3) is 7.84. The van der Waals surface area contributed by atoms with Crippen LogP contribution in [0.1, 0.15) is 39.1 Å². The monoisotopic (exact) mass is 699 g/mol. The zero-order valence-corrected chi connectivity index (χ0v) is 27.0. The van der Waals surface area contributed by atoms with Crippen LogP contribution in [0.2, 0.25) is 0 Å². The highest BCUT2D eigenvalue weighted by molar-refractivity contribution is 7.47. The van der Waals surface area contributed by atoms with Crippen LogP contribution in [0.25, 0.3) is 11.2 Å². The van der Waals surface area contributed by atoms with Gasteiger partial charge in [0.25, 0.3) is 5.56 Å². The molecule has 7 atom stereocenters. The highest BCUT2D eigenvalue weighted by Gasteiger charge is 2.45. The number of H-pyrrole nitrogens is 1. The van der Waals surface area contributed by atoms with Crippen molar-refractivity contribution in [1.82, 2.24) is 39.0 Å². The number of phosphoric acid groups is 1. The van der Waals surface area contributed by atoms with Gasteiger partial charge in [0, 0.05) is 26.9 Å². The summed E-state index contributed by atoms with van der Waals surface area (Å²) in [5.74, 6) is -0.432. The summed E-state index contributed by atoms with van der Waals surface area (Å²) in [6, 6.07) is 0. The van der Waals surface area contributed by atoms with E-state index in [9.17, 15) is 28.7 Å². The van der Waals surface area contributed by atoms with Crippen LogP contribution in [0.15, 0.2) is 27.4 Å². The Bertz CT molecular complexity index is 1830. The van der Waals surface area contributed by atoms with Crippen molar-refractivity contribution in [2.75, 3.05) is 38.8 Å². The fourth-order valence-corrected chi connectivity index (χ4v) is 5.86. The SMILES string of the molecule is CN(C)C(=O)O[C@H]1C[C@H](n2cnc(N)nc2=O)OC1COP(=O)(O)O[C@@H]1C[C@H](n2cnc3c(=O)[nH]c(N)nc32)OC1COC(C)(C)N=O. The van der Waals surface area contributed by atoms with Gasteiger partial charge in [-0.1, -0.05) is 0 Å². The third-order valence-corrected chi connectivity index (χ3v) is 8.30. The van der Waals surface area contributed by atoms with E-state index in [-0.39, 0.29) is 42.5 Å². The van der Waals surface area contributed by atoms with Crippen LogP contribution in [0.5, 0.6) is 0 Å². The van der Waals surface area contributed by atoms with Crippen molar-refractivity contribution in [2.45, 2.75) is 69.3 Å². The summed E-state index contributed by atoms with van der Waals surface area (Å²) in [6.07, 6.45) is -4.92. The quantitative estimate of drug-likeness (QED) is 0.138. The van der Waals surface area contributed by atoms with Crippen molar-refractivity contribution in [3.8, 4) is 0 Å². The first-order valence-electron chi connectivity index (χ1n) is 14.3. The maximum absolute atomic E-state index is 13.3. The number of nitrogen functional groups attached to an aromatic ring is 2. The molecule has 2 aliphatic heterocycles. The number of phosphoric ester groups is 1. The number of ether oxygens (including phenoxy) is 4. The molecule has 0 aromatic carbocycles. The molecule has 6 N–H and O–H groups in total. The van der Waals surface area contributed by atoms with Crippen molar-refractivity contribution in [2.24, 2.45) is 5.18 Å². The van der Waals surface area contributed by atoms with Gasteiger partial charge in [-0.3, -0.25) is 28.0 Å². The van der Waals surface area contributed by atoms with Crippen LogP contribution < -0.4 is 22.7 Å². The summed E-state index contributed by atoms with van der Waals surface area (Å²) >= 11 is 0. The van der Waals surface area contributed by atoms with Crippen molar-refractivity contribution in [3.05, 3.63) is 38.4 Å². The van der Waals surface area contributed by atoms with E-state index in [1.807, 2.05) is 0 Å². The van der Waals surface area contributed by atoms with E-state index in [4.69, 9.17) is 39.5 Å². The van der Waals surface area contributed by atoms with Crippen LogP contribution in [0.3, 0.4) is 0 Å². The van der Waals surface area contributed by atoms with Gasteiger partial charge >= 0.3 is 19.6 Å². The van der Waals surface area contributed by atoms with E-state index in [1.54, 1.807) is 0 Å². The number of aromatic nitrogens is 7. The zero-order valence-electron chi connectivity index (χ0n) is 26.1. The first-order chi connectivity index (χ1) is 22.6. The van der Waals surface area contributed by atoms with Crippen molar-refractivity contribution in [3.63, 3.8) is 0 Å². The molecule has 2 saturated heterocycles. The number of fused-ring (bicyclic) bond motifs is 1. The molecule has 3 aromatic rings. The lowest BCUT2D eigenvalue weighted by atomic mass is 10.2. The topological polar surface area (TPSA) is 306 Å². The van der Waals surface area contributed by atoms with Crippen molar-refractivity contribution >= 4 is 37.0 Å². The molecule has 2 fully saturated rings. The van der Waals surface area contributed by atoms with Crippen molar-refractivity contribution in [1.29, 1.82) is 0 Å². The van der Waals surface area contributed by atoms with Gasteiger partial charge < -0.3 is 40.2 Å². The molecule has 0 spiro atoms. The van der Waals surface area contributed by atoms with E-state index >= 15 is 0 Å². The Morgan fingerprint density at radius 1 is 1.10 bits per heavy atom. The minimum Gasteiger partial charge on any atom is -0.443 e. The lowest BCUT2D eigenvalue weighted by molar-refractivity contribution is -0.102. The Kier molecular flexibility index (Phi) is 9.92. The number of anilines is 2. The van der Waals surface area contributed by atoms with Crippen LogP contribution >= 0.6 is 7.82 Å². The Balaban J connectivity index is 1.32. The first-order valence-corrected chi connectivity index (χ1v) is 15.8. The number of nitrogens with one attached hydrogen (secondary N) is 1. The van der Waals surface area contributed by atoms with Gasteiger partial charge in [-0.05, 0) is 19.0 Å². The predicted molar refractivity (Wildman–Crippen MR) is 161 cm³/mol. The number of nitrogens with two attached hydrogens (primary N) is 2. The smallest absolute Gasteiger partial charge is 0.443 e. The van der Waals surface area contributed by atoms with Gasteiger partial charge in [0.15, 0.2) is 16.9 Å². The number of hydrogen-bond acceptors (Lipinski definition) is 18. The molecular weight excluding hydrogens is 665 g/mol. The minimum atomic E-state index is -4.93. The van der Waals surface area contributed by atoms with Crippen LogP contribution in [-0.2, 0) is 32.6 Å². The highest BCUT2D eigenvalue weighted by Crippen LogP contribution is 2.49. The summed E-state index contributed by atoms with van der Waals surface area (Å²) in [5, 5.41) is 2.90. The molecule has 0 saturated carbocycles. The Morgan fingerprint density at radius 3 is 2.42 bits per heavy atom. The standard InChI is InChI=1S/C24H34N11O12P/c1-24(2,32-39)42-7-13-12(6-15(44-13)34-9-27-17-18(34)29-21(26)30-19(17)36)47-48(40,41)43-8-14-11(46-23(38)33(3)4)5-16(45-14)35-10-28-20(25)31-22(35)37/h9-16H,5-8H2,1-4H3,(H,40,41)(H2,25,31,37)(H3,26,29,30,36)/t11-,12+,13?,14?,15+,16+/m0/s1. The number of hydrogen-bond donors (Lipinski definition) is 4. The summed E-state index contributed by atoms with van der Waals surface area (Å²) in [4.78, 5) is 78.0. The summed E-state index contributed by atoms with van der Waals surface area (Å²) in [5.41, 5.74) is 8.38. The van der Waals surface area contributed by atoms with E-state index < -0.39 is 74.4 Å². The van der Waals surface area contributed by atoms with Gasteiger partial charge in [-0.15, -0.1) is 4.91 Å². The zero-order chi connectivity index (χ0) is 35.0. The van der Waals surface area contributed by atoms with Gasteiger partial charge in [0.05, 0.1) is 19.5 Å². The average molecular weight is 700 g/mol. The van der Waals surface area contributed by atoms with Gasteiger partial charge in [-0.25, -0.2) is 24.1 Å². The second-order valence-electron chi connectivity index (χ2n) is 11.5. The number of carbonyl (C=O) groups excluding carboxylic acids is 1. The maximum Gasteiger partial charge on any atom is 0.472 e. The number of aromatic amines is 1. The normalized spacial score (nSPS) is 25.6. The fraction of sp³-hybridized carbons (Fsp3) is 0.625.